The van der Waals surface area contributed by atoms with Gasteiger partial charge in [-0.05, 0) is 30.2 Å². The molecule has 1 aromatic carbocycles. The Balaban J connectivity index is 1.49. The van der Waals surface area contributed by atoms with Crippen LogP contribution in [0.1, 0.15) is 59.9 Å². The summed E-state index contributed by atoms with van der Waals surface area (Å²) in [6.07, 6.45) is 2.47. The van der Waals surface area contributed by atoms with E-state index in [1.54, 1.807) is 4.68 Å². The number of hydrogen-bond donors (Lipinski definition) is 0. The highest BCUT2D eigenvalue weighted by Gasteiger charge is 2.66. The minimum Gasteiger partial charge on any atom is -0.290 e. The first-order valence-corrected chi connectivity index (χ1v) is 7.88. The number of Topliss-reactive ketones (excluding diaryl/α,β-unsaturated/α-hetero) is 1. The Hall–Kier alpha value is -2.04. The molecule has 0 N–H and O–H groups in total. The van der Waals surface area contributed by atoms with Crippen LogP contribution in [0.5, 0.6) is 0 Å². The average Bonchev–Trinajstić information content (AvgIpc) is 3.39. The summed E-state index contributed by atoms with van der Waals surface area (Å²) in [7, 11) is 0. The number of carbonyl (C=O) groups is 1. The van der Waals surface area contributed by atoms with Gasteiger partial charge in [0.1, 0.15) is 0 Å². The van der Waals surface area contributed by atoms with Crippen LogP contribution in [0.3, 0.4) is 0 Å². The van der Waals surface area contributed by atoms with Crippen LogP contribution in [-0.4, -0.2) is 20.5 Å². The first-order valence-electron chi connectivity index (χ1n) is 7.88. The molecular weight excluding hydrogens is 281 g/mol. The summed E-state index contributed by atoms with van der Waals surface area (Å²) in [5, 5.41) is 4.37. The maximum absolute atomic E-state index is 14.3. The van der Waals surface area contributed by atoms with Crippen LogP contribution < -0.4 is 0 Å². The highest BCUT2D eigenvalue weighted by molar-refractivity contribution is 5.97. The van der Waals surface area contributed by atoms with Crippen LogP contribution in [-0.2, 0) is 0 Å². The quantitative estimate of drug-likeness (QED) is 0.817. The molecule has 3 aliphatic rings. The Morgan fingerprint density at radius 1 is 1.27 bits per heavy atom. The van der Waals surface area contributed by atoms with Crippen molar-refractivity contribution >= 4 is 5.78 Å². The molecule has 2 fully saturated rings. The normalized spacial score (nSPS) is 30.3. The predicted octanol–water partition coefficient (Wildman–Crippen LogP) is 3.26. The lowest BCUT2D eigenvalue weighted by molar-refractivity contribution is 0.0948. The van der Waals surface area contributed by atoms with Crippen LogP contribution >= 0.6 is 0 Å². The molecule has 0 amide bonds. The Morgan fingerprint density at radius 2 is 2.05 bits per heavy atom. The van der Waals surface area contributed by atoms with Crippen molar-refractivity contribution < 1.29 is 9.18 Å². The molecule has 2 heterocycles. The molecule has 1 aromatic heterocycles. The summed E-state index contributed by atoms with van der Waals surface area (Å²) in [6, 6.07) is 9.58. The van der Waals surface area contributed by atoms with E-state index in [9.17, 15) is 9.18 Å². The molecule has 0 radical (unpaired) electrons. The zero-order chi connectivity index (χ0) is 14.9. The van der Waals surface area contributed by atoms with Crippen molar-refractivity contribution in [3.8, 4) is 0 Å². The summed E-state index contributed by atoms with van der Waals surface area (Å²) < 4.78 is 15.9. The molecule has 5 rings (SSSR count). The van der Waals surface area contributed by atoms with Gasteiger partial charge in [0.15, 0.2) is 12.0 Å². The van der Waals surface area contributed by atoms with E-state index in [4.69, 9.17) is 0 Å². The van der Waals surface area contributed by atoms with Crippen molar-refractivity contribution in [2.75, 3.05) is 0 Å². The van der Waals surface area contributed by atoms with Crippen molar-refractivity contribution in [1.82, 2.24) is 14.8 Å². The van der Waals surface area contributed by atoms with Gasteiger partial charge in [0.25, 0.3) is 0 Å². The third kappa shape index (κ3) is 1.65. The van der Waals surface area contributed by atoms with Gasteiger partial charge >= 0.3 is 0 Å². The highest BCUT2D eigenvalue weighted by atomic mass is 19.1. The maximum atomic E-state index is 14.3. The lowest BCUT2D eigenvalue weighted by atomic mass is 10.0. The standard InChI is InChI=1S/C17H16FN3O/c18-12-8-13(10-4-2-1-3-5-10)21-16(12)19-15(20-21)14(22)11-9-17(11)6-7-17/h1-5,11-13H,6-9H2/t11-,12-,13-/m0/s1. The molecular formula is C17H16FN3O. The minimum atomic E-state index is -1.15. The first-order chi connectivity index (χ1) is 10.7. The number of nitrogens with zero attached hydrogens (tertiary/aromatic N) is 3. The molecule has 1 spiro atoms. The fourth-order valence-electron chi connectivity index (χ4n) is 3.82. The van der Waals surface area contributed by atoms with Gasteiger partial charge in [-0.3, -0.25) is 4.79 Å². The van der Waals surface area contributed by atoms with E-state index in [1.807, 2.05) is 30.3 Å². The third-order valence-electron chi connectivity index (χ3n) is 5.47. The largest absolute Gasteiger partial charge is 0.290 e. The van der Waals surface area contributed by atoms with Crippen molar-refractivity contribution in [2.45, 2.75) is 37.9 Å². The van der Waals surface area contributed by atoms with Crippen LogP contribution in [0.15, 0.2) is 30.3 Å². The third-order valence-corrected chi connectivity index (χ3v) is 5.47. The van der Waals surface area contributed by atoms with E-state index in [0.717, 1.165) is 24.8 Å². The molecule has 0 saturated heterocycles. The summed E-state index contributed by atoms with van der Waals surface area (Å²) in [5.74, 6) is 0.622. The molecule has 2 saturated carbocycles. The second-order valence-electron chi connectivity index (χ2n) is 6.85. The van der Waals surface area contributed by atoms with Crippen molar-refractivity contribution in [2.24, 2.45) is 11.3 Å². The molecule has 112 valence electrons. The summed E-state index contributed by atoms with van der Waals surface area (Å²) in [5.41, 5.74) is 1.29. The molecule has 2 aromatic rings. The maximum Gasteiger partial charge on any atom is 0.217 e. The number of fused-ring (bicyclic) bond motifs is 1. The van der Waals surface area contributed by atoms with Gasteiger partial charge in [-0.25, -0.2) is 14.1 Å². The molecule has 4 nitrogen and oxygen atoms in total. The number of ketones is 1. The molecule has 1 aliphatic heterocycles. The Morgan fingerprint density at radius 3 is 2.73 bits per heavy atom. The van der Waals surface area contributed by atoms with E-state index >= 15 is 0 Å². The van der Waals surface area contributed by atoms with Crippen molar-refractivity contribution in [3.63, 3.8) is 0 Å². The van der Waals surface area contributed by atoms with E-state index in [2.05, 4.69) is 10.1 Å². The number of rotatable bonds is 3. The first kappa shape index (κ1) is 12.5. The topological polar surface area (TPSA) is 47.8 Å². The summed E-state index contributed by atoms with van der Waals surface area (Å²) >= 11 is 0. The highest BCUT2D eigenvalue weighted by Crippen LogP contribution is 2.71. The fourth-order valence-corrected chi connectivity index (χ4v) is 3.82. The smallest absolute Gasteiger partial charge is 0.217 e. The number of hydrogen-bond acceptors (Lipinski definition) is 3. The van der Waals surface area contributed by atoms with E-state index in [-0.39, 0.29) is 29.0 Å². The van der Waals surface area contributed by atoms with Gasteiger partial charge in [-0.2, -0.15) is 0 Å². The molecule has 3 atom stereocenters. The van der Waals surface area contributed by atoms with Crippen LogP contribution in [0.25, 0.3) is 0 Å². The summed E-state index contributed by atoms with van der Waals surface area (Å²) in [6.45, 7) is 0. The van der Waals surface area contributed by atoms with Gasteiger partial charge in [-0.1, -0.05) is 30.3 Å². The molecule has 22 heavy (non-hydrogen) atoms. The Kier molecular flexibility index (Phi) is 2.29. The molecule has 5 heteroatoms. The van der Waals surface area contributed by atoms with Gasteiger partial charge < -0.3 is 0 Å². The van der Waals surface area contributed by atoms with E-state index in [1.165, 1.54) is 0 Å². The Bertz CT molecular complexity index is 765. The fraction of sp³-hybridized carbons (Fsp3) is 0.471. The zero-order valence-electron chi connectivity index (χ0n) is 12.1. The van der Waals surface area contributed by atoms with Gasteiger partial charge in [-0.15, -0.1) is 5.10 Å². The minimum absolute atomic E-state index is 0.0124. The number of aromatic nitrogens is 3. The van der Waals surface area contributed by atoms with E-state index in [0.29, 0.717) is 12.2 Å². The van der Waals surface area contributed by atoms with Crippen molar-refractivity contribution in [3.05, 3.63) is 47.5 Å². The SMILES string of the molecule is O=C(c1nc2n(n1)[C@H](c1ccccc1)C[C@@H]2F)[C@@H]1CC12CC2. The molecule has 2 aliphatic carbocycles. The van der Waals surface area contributed by atoms with E-state index < -0.39 is 6.17 Å². The van der Waals surface area contributed by atoms with Crippen LogP contribution in [0.4, 0.5) is 4.39 Å². The molecule has 0 unspecified atom stereocenters. The lowest BCUT2D eigenvalue weighted by Gasteiger charge is -2.11. The Labute approximate surface area is 127 Å². The second kappa shape index (κ2) is 4.03. The van der Waals surface area contributed by atoms with Crippen molar-refractivity contribution in [1.29, 1.82) is 0 Å². The predicted molar refractivity (Wildman–Crippen MR) is 77.2 cm³/mol. The molecule has 0 bridgehead atoms. The zero-order valence-corrected chi connectivity index (χ0v) is 12.1. The number of halogens is 1. The number of carbonyl (C=O) groups excluding carboxylic acids is 1. The number of alkyl halides is 1. The van der Waals surface area contributed by atoms with Crippen LogP contribution in [0, 0.1) is 11.3 Å². The number of benzene rings is 1. The summed E-state index contributed by atoms with van der Waals surface area (Å²) in [4.78, 5) is 16.7. The van der Waals surface area contributed by atoms with Gasteiger partial charge in [0.2, 0.25) is 11.6 Å². The van der Waals surface area contributed by atoms with Gasteiger partial charge in [0, 0.05) is 12.3 Å². The monoisotopic (exact) mass is 297 g/mol. The second-order valence-corrected chi connectivity index (χ2v) is 6.85. The lowest BCUT2D eigenvalue weighted by Crippen LogP contribution is -2.11. The van der Waals surface area contributed by atoms with Gasteiger partial charge in [0.05, 0.1) is 6.04 Å². The average molecular weight is 297 g/mol. The van der Waals surface area contributed by atoms with Crippen LogP contribution in [0.2, 0.25) is 0 Å².